The molecule has 7 N–H and O–H groups in total. The third-order valence-corrected chi connectivity index (χ3v) is 7.68. The number of H-pyrrole nitrogens is 1. The molecule has 0 bridgehead atoms. The van der Waals surface area contributed by atoms with Crippen LogP contribution in [-0.2, 0) is 11.3 Å². The van der Waals surface area contributed by atoms with Gasteiger partial charge in [0.2, 0.25) is 11.8 Å². The Balaban J connectivity index is 1.06. The fourth-order valence-corrected chi connectivity index (χ4v) is 5.34. The van der Waals surface area contributed by atoms with E-state index in [0.717, 1.165) is 16.5 Å². The summed E-state index contributed by atoms with van der Waals surface area (Å²) in [5.41, 5.74) is 16.0. The Morgan fingerprint density at radius 2 is 1.89 bits per heavy atom. The number of nitrogens with zero attached hydrogens (tertiary/aromatic N) is 8. The van der Waals surface area contributed by atoms with Crippen LogP contribution in [0.15, 0.2) is 54.9 Å². The monoisotopic (exact) mass is 634 g/mol. The average Bonchev–Trinajstić information content (AvgIpc) is 3.73. The van der Waals surface area contributed by atoms with Crippen molar-refractivity contribution in [2.24, 2.45) is 0 Å². The number of rotatable bonds is 12. The van der Waals surface area contributed by atoms with Crippen molar-refractivity contribution in [3.05, 3.63) is 77.2 Å². The molecule has 4 aromatic heterocycles. The van der Waals surface area contributed by atoms with Gasteiger partial charge in [0.05, 0.1) is 18.4 Å². The largest absolute Gasteiger partial charge is 0.480 e. The van der Waals surface area contributed by atoms with Crippen molar-refractivity contribution >= 4 is 51.5 Å². The predicted octanol–water partition coefficient (Wildman–Crippen LogP) is 2.70. The topological polar surface area (TPSA) is 246 Å². The van der Waals surface area contributed by atoms with Crippen LogP contribution in [0, 0.1) is 6.92 Å². The van der Waals surface area contributed by atoms with Gasteiger partial charge in [-0.3, -0.25) is 9.59 Å². The average molecular weight is 635 g/mol. The Labute approximate surface area is 266 Å². The number of nitrogens with one attached hydrogen (secondary N) is 2. The summed E-state index contributed by atoms with van der Waals surface area (Å²) in [7, 11) is 0. The van der Waals surface area contributed by atoms with Gasteiger partial charge < -0.3 is 26.5 Å². The highest BCUT2D eigenvalue weighted by Gasteiger charge is 2.22. The lowest BCUT2D eigenvalue weighted by atomic mass is 9.97. The molecule has 238 valence electrons. The maximum atomic E-state index is 13.1. The number of fused-ring (bicyclic) bond motifs is 2. The van der Waals surface area contributed by atoms with E-state index < -0.39 is 17.9 Å². The van der Waals surface area contributed by atoms with Crippen LogP contribution in [0.25, 0.3) is 33.5 Å². The number of nitrogen functional groups attached to an aromatic ring is 2. The number of Topliss-reactive ketones (excluding diaryl/α,β-unsaturated/α-hetero) is 1. The number of aryl methyl sites for hydroxylation is 1. The summed E-state index contributed by atoms with van der Waals surface area (Å²) in [5, 5.41) is 27.1. The molecule has 0 spiro atoms. The zero-order valence-electron chi connectivity index (χ0n) is 25.2. The molecular weight excluding hydrogens is 604 g/mol. The number of anilines is 2. The molecule has 1 atom stereocenters. The molecule has 1 amide bonds. The molecule has 16 heteroatoms. The molecule has 0 unspecified atom stereocenters. The minimum Gasteiger partial charge on any atom is -0.480 e. The molecule has 6 rings (SSSR count). The first kappa shape index (κ1) is 30.7. The maximum Gasteiger partial charge on any atom is 0.326 e. The first-order chi connectivity index (χ1) is 22.7. The summed E-state index contributed by atoms with van der Waals surface area (Å²) in [6.45, 7) is 2.27. The highest BCUT2D eigenvalue weighted by Crippen LogP contribution is 2.24. The molecule has 0 saturated carbocycles. The van der Waals surface area contributed by atoms with Crippen LogP contribution in [-0.4, -0.2) is 73.9 Å². The van der Waals surface area contributed by atoms with Crippen molar-refractivity contribution in [3.8, 4) is 11.4 Å². The van der Waals surface area contributed by atoms with Gasteiger partial charge in [-0.1, -0.05) is 24.1 Å². The van der Waals surface area contributed by atoms with Gasteiger partial charge in [0, 0.05) is 40.2 Å². The second kappa shape index (κ2) is 13.0. The Bertz CT molecular complexity index is 2130. The van der Waals surface area contributed by atoms with Gasteiger partial charge in [0.15, 0.2) is 22.8 Å². The number of aromatic nitrogens is 9. The van der Waals surface area contributed by atoms with Crippen molar-refractivity contribution in [2.45, 2.75) is 45.2 Å². The summed E-state index contributed by atoms with van der Waals surface area (Å²) in [5.74, 6) is -1.29. The SMILES string of the molecule is Cc1ccc(C(=O)CCCC[C@H](NC(=O)c2ccc3c(ccn3Cc3cnc4nc(N)nc(N)c4n3)c2)C(=O)O)c(-c2nn[nH]n2)c1. The van der Waals surface area contributed by atoms with E-state index in [0.29, 0.717) is 58.8 Å². The van der Waals surface area contributed by atoms with E-state index in [9.17, 15) is 19.5 Å². The number of nitrogens with two attached hydrogens (primary N) is 2. The standard InChI is InChI=1S/C31H30N12O4/c1-16-6-8-20(21(12-16)27-39-41-42-40-27)24(44)5-3-2-4-22(30(46)47)36-29(45)18-7-9-23-17(13-18)10-11-43(23)15-19-14-34-28-25(35-19)26(32)37-31(33)38-28/h6-14,22H,2-5,15H2,1H3,(H,36,45)(H,46,47)(H,39,40,41,42)(H4,32,33,34,37,38)/t22-/m0/s1. The maximum absolute atomic E-state index is 13.1. The lowest BCUT2D eigenvalue weighted by Crippen LogP contribution is -2.40. The van der Waals surface area contributed by atoms with E-state index in [1.54, 1.807) is 30.5 Å². The third-order valence-electron chi connectivity index (χ3n) is 7.68. The lowest BCUT2D eigenvalue weighted by Gasteiger charge is -2.15. The van der Waals surface area contributed by atoms with Crippen LogP contribution in [0.3, 0.4) is 0 Å². The molecule has 0 aliphatic carbocycles. The smallest absolute Gasteiger partial charge is 0.326 e. The lowest BCUT2D eigenvalue weighted by molar-refractivity contribution is -0.139. The molecule has 47 heavy (non-hydrogen) atoms. The number of unbranched alkanes of at least 4 members (excludes halogenated alkanes) is 1. The van der Waals surface area contributed by atoms with Crippen LogP contribution in [0.5, 0.6) is 0 Å². The first-order valence-corrected chi connectivity index (χ1v) is 14.7. The van der Waals surface area contributed by atoms with Gasteiger partial charge in [-0.05, 0) is 55.3 Å². The summed E-state index contributed by atoms with van der Waals surface area (Å²) < 4.78 is 1.93. The minimum absolute atomic E-state index is 0.0188. The number of carboxylic acids is 1. The quantitative estimate of drug-likeness (QED) is 0.0961. The number of tetrazole rings is 1. The van der Waals surface area contributed by atoms with Gasteiger partial charge in [-0.2, -0.15) is 15.2 Å². The Kier molecular flexibility index (Phi) is 8.46. The van der Waals surface area contributed by atoms with Crippen molar-refractivity contribution in [3.63, 3.8) is 0 Å². The highest BCUT2D eigenvalue weighted by atomic mass is 16.4. The zero-order chi connectivity index (χ0) is 33.1. The van der Waals surface area contributed by atoms with E-state index in [1.807, 2.05) is 35.9 Å². The van der Waals surface area contributed by atoms with Gasteiger partial charge in [-0.15, -0.1) is 10.2 Å². The Morgan fingerprint density at radius 3 is 2.68 bits per heavy atom. The van der Waals surface area contributed by atoms with Crippen LogP contribution < -0.4 is 16.8 Å². The molecule has 0 aliphatic rings. The third kappa shape index (κ3) is 6.70. The number of carboxylic acid groups (broad SMARTS) is 1. The van der Waals surface area contributed by atoms with Crippen LogP contribution in [0.4, 0.5) is 11.8 Å². The van der Waals surface area contributed by atoms with E-state index in [4.69, 9.17) is 11.5 Å². The number of carbonyl (C=O) groups excluding carboxylic acids is 2. The highest BCUT2D eigenvalue weighted by molar-refractivity contribution is 6.02. The summed E-state index contributed by atoms with van der Waals surface area (Å²) in [6.07, 6.45) is 4.64. The molecule has 0 saturated heterocycles. The van der Waals surface area contributed by atoms with Crippen molar-refractivity contribution in [1.29, 1.82) is 0 Å². The van der Waals surface area contributed by atoms with Crippen molar-refractivity contribution in [1.82, 2.24) is 50.4 Å². The Morgan fingerprint density at radius 1 is 1.04 bits per heavy atom. The molecule has 2 aromatic carbocycles. The number of aromatic amines is 1. The number of benzene rings is 2. The molecular formula is C31H30N12O4. The summed E-state index contributed by atoms with van der Waals surface area (Å²) in [4.78, 5) is 54.9. The van der Waals surface area contributed by atoms with E-state index in [1.165, 1.54) is 0 Å². The van der Waals surface area contributed by atoms with Crippen molar-refractivity contribution in [2.75, 3.05) is 11.5 Å². The normalized spacial score (nSPS) is 11.9. The van der Waals surface area contributed by atoms with E-state index in [2.05, 4.69) is 45.9 Å². The second-order valence-corrected chi connectivity index (χ2v) is 11.0. The van der Waals surface area contributed by atoms with E-state index in [-0.39, 0.29) is 30.4 Å². The molecule has 0 radical (unpaired) electrons. The minimum atomic E-state index is -1.15. The first-order valence-electron chi connectivity index (χ1n) is 14.7. The van der Waals surface area contributed by atoms with Gasteiger partial charge in [-0.25, -0.2) is 14.8 Å². The van der Waals surface area contributed by atoms with Gasteiger partial charge in [0.1, 0.15) is 6.04 Å². The zero-order valence-corrected chi connectivity index (χ0v) is 25.2. The second-order valence-electron chi connectivity index (χ2n) is 11.0. The van der Waals surface area contributed by atoms with Gasteiger partial charge in [0.25, 0.3) is 5.91 Å². The van der Waals surface area contributed by atoms with Crippen LogP contribution in [0.1, 0.15) is 57.7 Å². The fraction of sp³-hybridized carbons (Fsp3) is 0.226. The number of hydrogen-bond acceptors (Lipinski definition) is 12. The molecule has 6 aromatic rings. The molecule has 0 aliphatic heterocycles. The molecule has 0 fully saturated rings. The van der Waals surface area contributed by atoms with Gasteiger partial charge >= 0.3 is 5.97 Å². The number of carbonyl (C=O) groups is 3. The summed E-state index contributed by atoms with van der Waals surface area (Å²) in [6, 6.07) is 11.2. The van der Waals surface area contributed by atoms with Crippen LogP contribution >= 0.6 is 0 Å². The molecule has 4 heterocycles. The number of amides is 1. The number of ketones is 1. The fourth-order valence-electron chi connectivity index (χ4n) is 5.34. The molecule has 16 nitrogen and oxygen atoms in total. The van der Waals surface area contributed by atoms with Crippen LogP contribution in [0.2, 0.25) is 0 Å². The van der Waals surface area contributed by atoms with Crippen molar-refractivity contribution < 1.29 is 19.5 Å². The predicted molar refractivity (Wildman–Crippen MR) is 171 cm³/mol. The number of hydrogen-bond donors (Lipinski definition) is 5. The van der Waals surface area contributed by atoms with E-state index >= 15 is 0 Å². The Hall–Kier alpha value is -6.32. The summed E-state index contributed by atoms with van der Waals surface area (Å²) >= 11 is 0. The number of aliphatic carboxylic acids is 1.